The van der Waals surface area contributed by atoms with E-state index in [-0.39, 0.29) is 11.9 Å². The topological polar surface area (TPSA) is 57.0 Å². The first-order chi connectivity index (χ1) is 10.2. The number of hydrogen-bond acceptors (Lipinski definition) is 5. The summed E-state index contributed by atoms with van der Waals surface area (Å²) in [7, 11) is 0. The molecule has 0 radical (unpaired) electrons. The number of fused-ring (bicyclic) bond motifs is 1. The van der Waals surface area contributed by atoms with E-state index < -0.39 is 0 Å². The zero-order valence-corrected chi connectivity index (χ0v) is 13.2. The molecule has 0 amide bonds. The maximum Gasteiger partial charge on any atom is 0.315 e. The van der Waals surface area contributed by atoms with Crippen molar-refractivity contribution in [2.45, 2.75) is 45.6 Å². The molecule has 0 aromatic carbocycles. The number of nitrogens with zero attached hydrogens (tertiary/aromatic N) is 3. The van der Waals surface area contributed by atoms with Gasteiger partial charge in [-0.1, -0.05) is 6.92 Å². The van der Waals surface area contributed by atoms with E-state index in [1.165, 1.54) is 4.88 Å². The molecule has 112 valence electrons. The Bertz CT molecular complexity index is 647. The zero-order chi connectivity index (χ0) is 14.8. The van der Waals surface area contributed by atoms with E-state index in [1.54, 1.807) is 11.3 Å². The molecule has 3 rings (SSSR count). The third-order valence-electron chi connectivity index (χ3n) is 3.68. The molecule has 0 saturated heterocycles. The number of ether oxygens (including phenoxy) is 1. The van der Waals surface area contributed by atoms with Gasteiger partial charge < -0.3 is 9.30 Å². The van der Waals surface area contributed by atoms with E-state index in [0.717, 1.165) is 42.2 Å². The van der Waals surface area contributed by atoms with E-state index in [4.69, 9.17) is 9.72 Å². The van der Waals surface area contributed by atoms with Gasteiger partial charge in [0.15, 0.2) is 0 Å². The van der Waals surface area contributed by atoms with Crippen LogP contribution in [-0.4, -0.2) is 27.1 Å². The highest BCUT2D eigenvalue weighted by molar-refractivity contribution is 7.15. The summed E-state index contributed by atoms with van der Waals surface area (Å²) in [6.07, 6.45) is 6.48. The SMILES string of the molecule is CCCn1cncc1-c1nc2c(s1)CCC2C(=O)OCC. The number of esters is 1. The highest BCUT2D eigenvalue weighted by Crippen LogP contribution is 2.40. The predicted octanol–water partition coefficient (Wildman–Crippen LogP) is 3.01. The first-order valence-electron chi connectivity index (χ1n) is 7.41. The third-order valence-corrected chi connectivity index (χ3v) is 4.84. The van der Waals surface area contributed by atoms with Crippen LogP contribution in [0.1, 0.15) is 43.2 Å². The van der Waals surface area contributed by atoms with Gasteiger partial charge in [-0.25, -0.2) is 9.97 Å². The summed E-state index contributed by atoms with van der Waals surface area (Å²) in [5.74, 6) is -0.331. The molecule has 0 aliphatic heterocycles. The Morgan fingerprint density at radius 3 is 3.14 bits per heavy atom. The lowest BCUT2D eigenvalue weighted by Crippen LogP contribution is -2.14. The zero-order valence-electron chi connectivity index (χ0n) is 12.3. The van der Waals surface area contributed by atoms with E-state index in [2.05, 4.69) is 16.5 Å². The van der Waals surface area contributed by atoms with E-state index in [1.807, 2.05) is 19.4 Å². The Morgan fingerprint density at radius 1 is 1.52 bits per heavy atom. The maximum atomic E-state index is 12.0. The summed E-state index contributed by atoms with van der Waals surface area (Å²) in [5.41, 5.74) is 1.96. The van der Waals surface area contributed by atoms with Crippen LogP contribution in [0.25, 0.3) is 10.7 Å². The molecule has 0 bridgehead atoms. The van der Waals surface area contributed by atoms with Crippen molar-refractivity contribution in [1.82, 2.24) is 14.5 Å². The largest absolute Gasteiger partial charge is 0.465 e. The number of aromatic nitrogens is 3. The molecular weight excluding hydrogens is 286 g/mol. The minimum atomic E-state index is -0.188. The van der Waals surface area contributed by atoms with Crippen LogP contribution >= 0.6 is 11.3 Å². The first kappa shape index (κ1) is 14.3. The second-order valence-corrected chi connectivity index (χ2v) is 6.23. The van der Waals surface area contributed by atoms with E-state index >= 15 is 0 Å². The van der Waals surface area contributed by atoms with Crippen molar-refractivity contribution in [2.24, 2.45) is 0 Å². The van der Waals surface area contributed by atoms with Crippen molar-refractivity contribution in [2.75, 3.05) is 6.61 Å². The molecule has 2 heterocycles. The fraction of sp³-hybridized carbons (Fsp3) is 0.533. The number of rotatable bonds is 5. The average molecular weight is 305 g/mol. The number of imidazole rings is 1. The lowest BCUT2D eigenvalue weighted by molar-refractivity contribution is -0.145. The van der Waals surface area contributed by atoms with Crippen molar-refractivity contribution >= 4 is 17.3 Å². The molecular formula is C15H19N3O2S. The summed E-state index contributed by atoms with van der Waals surface area (Å²) in [4.78, 5) is 22.2. The molecule has 1 aliphatic carbocycles. The number of aryl methyl sites for hydroxylation is 2. The fourth-order valence-corrected chi connectivity index (χ4v) is 3.89. The molecule has 0 spiro atoms. The Balaban J connectivity index is 1.89. The van der Waals surface area contributed by atoms with Crippen LogP contribution in [0, 0.1) is 0 Å². The number of hydrogen-bond donors (Lipinski definition) is 0. The van der Waals surface area contributed by atoms with Crippen molar-refractivity contribution in [1.29, 1.82) is 0 Å². The second-order valence-electron chi connectivity index (χ2n) is 5.14. The highest BCUT2D eigenvalue weighted by atomic mass is 32.1. The molecule has 6 heteroatoms. The van der Waals surface area contributed by atoms with Gasteiger partial charge in [0.1, 0.15) is 10.9 Å². The maximum absolute atomic E-state index is 12.0. The second kappa shape index (κ2) is 5.97. The van der Waals surface area contributed by atoms with Crippen LogP contribution < -0.4 is 0 Å². The van der Waals surface area contributed by atoms with E-state index in [9.17, 15) is 4.79 Å². The van der Waals surface area contributed by atoms with Crippen molar-refractivity contribution < 1.29 is 9.53 Å². The minimum absolute atomic E-state index is 0.143. The molecule has 0 fully saturated rings. The first-order valence-corrected chi connectivity index (χ1v) is 8.23. The van der Waals surface area contributed by atoms with Crippen molar-refractivity contribution in [3.05, 3.63) is 23.1 Å². The lowest BCUT2D eigenvalue weighted by Gasteiger charge is -2.08. The Labute approximate surface area is 128 Å². The summed E-state index contributed by atoms with van der Waals surface area (Å²) < 4.78 is 7.27. The Kier molecular flexibility index (Phi) is 4.05. The van der Waals surface area contributed by atoms with Gasteiger partial charge in [-0.05, 0) is 26.2 Å². The monoisotopic (exact) mass is 305 g/mol. The van der Waals surface area contributed by atoms with Crippen LogP contribution in [0.4, 0.5) is 0 Å². The third kappa shape index (κ3) is 2.60. The van der Waals surface area contributed by atoms with Crippen LogP contribution in [0.3, 0.4) is 0 Å². The number of thiazole rings is 1. The summed E-state index contributed by atoms with van der Waals surface area (Å²) in [5, 5.41) is 0.958. The minimum Gasteiger partial charge on any atom is -0.465 e. The molecule has 2 aromatic heterocycles. The van der Waals surface area contributed by atoms with Gasteiger partial charge in [-0.3, -0.25) is 4.79 Å². The number of carbonyl (C=O) groups excluding carboxylic acids is 1. The molecule has 21 heavy (non-hydrogen) atoms. The normalized spacial score (nSPS) is 17.0. The summed E-state index contributed by atoms with van der Waals surface area (Å²) in [6, 6.07) is 0. The average Bonchev–Trinajstić information content (AvgIpc) is 3.12. The standard InChI is InChI=1S/C15H19N3O2S/c1-3-7-18-9-16-8-11(18)14-17-13-10(15(19)20-4-2)5-6-12(13)21-14/h8-10H,3-7H2,1-2H3. The molecule has 5 nitrogen and oxygen atoms in total. The van der Waals surface area contributed by atoms with Crippen LogP contribution in [0.5, 0.6) is 0 Å². The quantitative estimate of drug-likeness (QED) is 0.797. The van der Waals surface area contributed by atoms with Gasteiger partial charge in [0.2, 0.25) is 0 Å². The molecule has 2 aromatic rings. The Hall–Kier alpha value is -1.69. The smallest absolute Gasteiger partial charge is 0.315 e. The summed E-state index contributed by atoms with van der Waals surface area (Å²) in [6.45, 7) is 5.33. The van der Waals surface area contributed by atoms with Crippen LogP contribution in [0.2, 0.25) is 0 Å². The van der Waals surface area contributed by atoms with Gasteiger partial charge in [0.25, 0.3) is 0 Å². The lowest BCUT2D eigenvalue weighted by atomic mass is 10.1. The van der Waals surface area contributed by atoms with Crippen LogP contribution in [0.15, 0.2) is 12.5 Å². The highest BCUT2D eigenvalue weighted by Gasteiger charge is 2.34. The predicted molar refractivity (Wildman–Crippen MR) is 81.3 cm³/mol. The Morgan fingerprint density at radius 2 is 2.38 bits per heavy atom. The van der Waals surface area contributed by atoms with Crippen LogP contribution in [-0.2, 0) is 22.5 Å². The van der Waals surface area contributed by atoms with Crippen molar-refractivity contribution in [3.63, 3.8) is 0 Å². The van der Waals surface area contributed by atoms with E-state index in [0.29, 0.717) is 6.61 Å². The summed E-state index contributed by atoms with van der Waals surface area (Å²) >= 11 is 1.68. The molecule has 0 N–H and O–H groups in total. The molecule has 1 unspecified atom stereocenters. The molecule has 0 saturated carbocycles. The van der Waals surface area contributed by atoms with Gasteiger partial charge in [0, 0.05) is 11.4 Å². The van der Waals surface area contributed by atoms with Gasteiger partial charge in [-0.15, -0.1) is 11.3 Å². The van der Waals surface area contributed by atoms with Crippen molar-refractivity contribution in [3.8, 4) is 10.7 Å². The fourth-order valence-electron chi connectivity index (χ4n) is 2.73. The van der Waals surface area contributed by atoms with Gasteiger partial charge >= 0.3 is 5.97 Å². The van der Waals surface area contributed by atoms with Gasteiger partial charge in [-0.2, -0.15) is 0 Å². The number of carbonyl (C=O) groups is 1. The molecule has 1 aliphatic rings. The molecule has 1 atom stereocenters. The van der Waals surface area contributed by atoms with Gasteiger partial charge in [0.05, 0.1) is 30.5 Å².